The molecular formula is C24H40N6S. The van der Waals surface area contributed by atoms with Crippen molar-refractivity contribution in [2.45, 2.75) is 84.1 Å². The zero-order valence-corrected chi connectivity index (χ0v) is 20.2. The maximum absolute atomic E-state index is 5.65. The Morgan fingerprint density at radius 1 is 0.871 bits per heavy atom. The molecule has 3 fully saturated rings. The highest BCUT2D eigenvalue weighted by Gasteiger charge is 2.25. The van der Waals surface area contributed by atoms with Crippen LogP contribution in [0.2, 0.25) is 0 Å². The van der Waals surface area contributed by atoms with Crippen LogP contribution in [-0.2, 0) is 0 Å². The second-order valence-corrected chi connectivity index (χ2v) is 10.5. The van der Waals surface area contributed by atoms with Crippen molar-refractivity contribution in [1.82, 2.24) is 15.3 Å². The minimum Gasteiger partial charge on any atom is -0.360 e. The fraction of sp³-hybridized carbons (Fsp3) is 0.792. The van der Waals surface area contributed by atoms with Gasteiger partial charge in [-0.25, -0.2) is 0 Å². The highest BCUT2D eigenvalue weighted by Crippen LogP contribution is 2.29. The molecule has 3 heterocycles. The molecule has 1 aromatic heterocycles. The van der Waals surface area contributed by atoms with Crippen LogP contribution in [0.5, 0.6) is 0 Å². The molecule has 2 atom stereocenters. The zero-order chi connectivity index (χ0) is 21.6. The van der Waals surface area contributed by atoms with Crippen LogP contribution in [-0.4, -0.2) is 47.3 Å². The van der Waals surface area contributed by atoms with Crippen molar-refractivity contribution in [3.8, 4) is 0 Å². The minimum absolute atomic E-state index is 0.478. The molecule has 0 bridgehead atoms. The molecule has 31 heavy (non-hydrogen) atoms. The van der Waals surface area contributed by atoms with E-state index in [2.05, 4.69) is 40.3 Å². The molecule has 7 heteroatoms. The molecule has 2 saturated heterocycles. The molecule has 1 aromatic rings. The first kappa shape index (κ1) is 22.6. The van der Waals surface area contributed by atoms with Gasteiger partial charge in [-0.2, -0.15) is 9.97 Å². The largest absolute Gasteiger partial charge is 0.360 e. The van der Waals surface area contributed by atoms with Gasteiger partial charge < -0.3 is 20.4 Å². The average molecular weight is 445 g/mol. The van der Waals surface area contributed by atoms with Gasteiger partial charge in [-0.1, -0.05) is 46.0 Å². The number of aromatic nitrogens is 2. The van der Waals surface area contributed by atoms with E-state index in [9.17, 15) is 0 Å². The molecule has 0 unspecified atom stereocenters. The van der Waals surface area contributed by atoms with Gasteiger partial charge in [-0.3, -0.25) is 0 Å². The molecule has 6 nitrogen and oxygen atoms in total. The quantitative estimate of drug-likeness (QED) is 0.637. The Bertz CT molecular complexity index is 717. The summed E-state index contributed by atoms with van der Waals surface area (Å²) in [4.78, 5) is 14.7. The molecule has 4 rings (SSSR count). The Hall–Kier alpha value is -1.63. The molecule has 0 radical (unpaired) electrons. The van der Waals surface area contributed by atoms with Crippen molar-refractivity contribution >= 4 is 34.9 Å². The Labute approximate surface area is 193 Å². The van der Waals surface area contributed by atoms with E-state index >= 15 is 0 Å². The fourth-order valence-corrected chi connectivity index (χ4v) is 5.78. The summed E-state index contributed by atoms with van der Waals surface area (Å²) in [5.41, 5.74) is 0. The maximum atomic E-state index is 5.65. The minimum atomic E-state index is 0.478. The van der Waals surface area contributed by atoms with E-state index in [0.29, 0.717) is 28.9 Å². The number of piperidine rings is 1. The van der Waals surface area contributed by atoms with Gasteiger partial charge in [0.05, 0.1) is 0 Å². The second kappa shape index (κ2) is 10.8. The van der Waals surface area contributed by atoms with E-state index in [1.165, 1.54) is 64.2 Å². The first-order valence-electron chi connectivity index (χ1n) is 12.5. The fourth-order valence-electron chi connectivity index (χ4n) is 5.52. The predicted molar refractivity (Wildman–Crippen MR) is 134 cm³/mol. The molecule has 1 saturated carbocycles. The average Bonchev–Trinajstić information content (AvgIpc) is 3.03. The summed E-state index contributed by atoms with van der Waals surface area (Å²) in [6, 6.07) is 2.68. The molecular weight excluding hydrogens is 404 g/mol. The number of hydrogen-bond acceptors (Lipinski definition) is 5. The Morgan fingerprint density at radius 3 is 2.10 bits per heavy atom. The van der Waals surface area contributed by atoms with E-state index in [1.54, 1.807) is 0 Å². The van der Waals surface area contributed by atoms with Crippen molar-refractivity contribution < 1.29 is 0 Å². The van der Waals surface area contributed by atoms with Crippen LogP contribution >= 0.6 is 12.2 Å². The highest BCUT2D eigenvalue weighted by molar-refractivity contribution is 7.80. The number of nitrogens with one attached hydrogen (secondary N) is 2. The van der Waals surface area contributed by atoms with Gasteiger partial charge in [-0.15, -0.1) is 0 Å². The topological polar surface area (TPSA) is 56.3 Å². The van der Waals surface area contributed by atoms with Crippen LogP contribution in [0.1, 0.15) is 78.1 Å². The van der Waals surface area contributed by atoms with Crippen LogP contribution in [0.3, 0.4) is 0 Å². The number of anilines is 3. The summed E-state index contributed by atoms with van der Waals surface area (Å²) in [5.74, 6) is 4.09. The van der Waals surface area contributed by atoms with Gasteiger partial charge in [0.1, 0.15) is 11.6 Å². The molecule has 0 spiro atoms. The van der Waals surface area contributed by atoms with Gasteiger partial charge >= 0.3 is 0 Å². The molecule has 172 valence electrons. The molecule has 2 N–H and O–H groups in total. The van der Waals surface area contributed by atoms with Crippen molar-refractivity contribution in [3.63, 3.8) is 0 Å². The monoisotopic (exact) mass is 444 g/mol. The first-order valence-corrected chi connectivity index (χ1v) is 12.9. The van der Waals surface area contributed by atoms with E-state index in [1.807, 2.05) is 0 Å². The molecule has 0 amide bonds. The van der Waals surface area contributed by atoms with Gasteiger partial charge in [0.15, 0.2) is 5.11 Å². The Kier molecular flexibility index (Phi) is 7.86. The van der Waals surface area contributed by atoms with Crippen LogP contribution < -0.4 is 20.4 Å². The molecule has 0 aromatic carbocycles. The zero-order valence-electron chi connectivity index (χ0n) is 19.4. The van der Waals surface area contributed by atoms with Crippen molar-refractivity contribution in [3.05, 3.63) is 6.07 Å². The Morgan fingerprint density at radius 2 is 1.45 bits per heavy atom. The summed E-state index contributed by atoms with van der Waals surface area (Å²) >= 11 is 5.65. The number of hydrogen-bond donors (Lipinski definition) is 2. The lowest BCUT2D eigenvalue weighted by Crippen LogP contribution is -2.40. The van der Waals surface area contributed by atoms with Crippen LogP contribution in [0.4, 0.5) is 17.6 Å². The van der Waals surface area contributed by atoms with E-state index in [0.717, 1.165) is 37.8 Å². The van der Waals surface area contributed by atoms with Gasteiger partial charge in [-0.05, 0) is 56.2 Å². The lowest BCUT2D eigenvalue weighted by Gasteiger charge is -2.36. The molecule has 2 aliphatic heterocycles. The maximum Gasteiger partial charge on any atom is 0.232 e. The third kappa shape index (κ3) is 6.43. The van der Waals surface area contributed by atoms with E-state index in [-0.39, 0.29) is 0 Å². The van der Waals surface area contributed by atoms with Crippen LogP contribution in [0.25, 0.3) is 0 Å². The smallest absolute Gasteiger partial charge is 0.232 e. The van der Waals surface area contributed by atoms with Crippen molar-refractivity contribution in [2.75, 3.05) is 41.3 Å². The van der Waals surface area contributed by atoms with E-state index in [4.69, 9.17) is 22.2 Å². The summed E-state index contributed by atoms with van der Waals surface area (Å²) in [6.07, 6.45) is 12.7. The number of nitrogens with zero attached hydrogens (tertiary/aromatic N) is 4. The summed E-state index contributed by atoms with van der Waals surface area (Å²) in [6.45, 7) is 8.97. The number of thiocarbonyl (C=S) groups is 1. The molecule has 1 aliphatic carbocycles. The van der Waals surface area contributed by atoms with Crippen LogP contribution in [0, 0.1) is 11.8 Å². The van der Waals surface area contributed by atoms with Crippen molar-refractivity contribution in [1.29, 1.82) is 0 Å². The highest BCUT2D eigenvalue weighted by atomic mass is 32.1. The summed E-state index contributed by atoms with van der Waals surface area (Å²) < 4.78 is 0. The van der Waals surface area contributed by atoms with Crippen LogP contribution in [0.15, 0.2) is 6.07 Å². The van der Waals surface area contributed by atoms with E-state index < -0.39 is 0 Å². The lowest BCUT2D eigenvalue weighted by molar-refractivity contribution is 0.355. The second-order valence-electron chi connectivity index (χ2n) is 10.1. The standard InChI is InChI=1S/C24H40N6S/c1-18-14-19(2)17-30(16-18)22-15-21(29-12-8-3-4-9-13-29)26-23(27-22)28-24(31)25-20-10-6-5-7-11-20/h15,18-20H,3-14,16-17H2,1-2H3,(H2,25,26,27,28,31)/t18-,19+. The predicted octanol–water partition coefficient (Wildman–Crippen LogP) is 4.96. The first-order chi connectivity index (χ1) is 15.1. The summed E-state index contributed by atoms with van der Waals surface area (Å²) in [5, 5.41) is 7.49. The Balaban J connectivity index is 1.53. The number of rotatable bonds is 4. The summed E-state index contributed by atoms with van der Waals surface area (Å²) in [7, 11) is 0. The van der Waals surface area contributed by atoms with Gasteiger partial charge in [0.2, 0.25) is 5.95 Å². The lowest BCUT2D eigenvalue weighted by atomic mass is 9.92. The third-order valence-electron chi connectivity index (χ3n) is 6.99. The van der Waals surface area contributed by atoms with Gasteiger partial charge in [0, 0.05) is 38.3 Å². The van der Waals surface area contributed by atoms with Crippen molar-refractivity contribution in [2.24, 2.45) is 11.8 Å². The molecule has 3 aliphatic rings. The SMILES string of the molecule is C[C@@H]1C[C@H](C)CN(c2cc(N3CCCCCC3)nc(NC(=S)NC3CCCCC3)n2)C1. The van der Waals surface area contributed by atoms with Gasteiger partial charge in [0.25, 0.3) is 0 Å². The third-order valence-corrected chi connectivity index (χ3v) is 7.21. The normalized spacial score (nSPS) is 25.7.